The SMILES string of the molecule is CC1=C(C(=O)OC(C)(C)C)C(c2ccc(Cl)cc2)C(C#N)C(CC(C)(C)C)=N1. The van der Waals surface area contributed by atoms with E-state index in [1.54, 1.807) is 12.1 Å². The van der Waals surface area contributed by atoms with Crippen molar-refractivity contribution in [2.45, 2.75) is 66.4 Å². The monoisotopic (exact) mass is 400 g/mol. The van der Waals surface area contributed by atoms with Gasteiger partial charge in [0.15, 0.2) is 0 Å². The molecule has 2 atom stereocenters. The van der Waals surface area contributed by atoms with E-state index in [4.69, 9.17) is 21.3 Å². The molecule has 0 fully saturated rings. The number of ether oxygens (including phenoxy) is 1. The molecule has 4 nitrogen and oxygen atoms in total. The van der Waals surface area contributed by atoms with Crippen molar-refractivity contribution in [1.29, 1.82) is 5.26 Å². The molecule has 28 heavy (non-hydrogen) atoms. The van der Waals surface area contributed by atoms with Crippen LogP contribution < -0.4 is 0 Å². The Labute approximate surface area is 173 Å². The van der Waals surface area contributed by atoms with Crippen LogP contribution in [-0.2, 0) is 9.53 Å². The molecule has 1 aromatic carbocycles. The molecular formula is C23H29ClN2O2. The van der Waals surface area contributed by atoms with Crippen molar-refractivity contribution in [3.63, 3.8) is 0 Å². The lowest BCUT2D eigenvalue weighted by Crippen LogP contribution is -2.34. The van der Waals surface area contributed by atoms with Crippen LogP contribution in [-0.4, -0.2) is 17.3 Å². The molecule has 0 radical (unpaired) electrons. The zero-order valence-corrected chi connectivity index (χ0v) is 18.5. The highest BCUT2D eigenvalue weighted by Crippen LogP contribution is 2.42. The number of halogens is 1. The van der Waals surface area contributed by atoms with Gasteiger partial charge in [-0.25, -0.2) is 4.79 Å². The number of hydrogen-bond acceptors (Lipinski definition) is 4. The molecule has 0 amide bonds. The second-order valence-electron chi connectivity index (χ2n) is 9.48. The third kappa shape index (κ3) is 5.45. The fourth-order valence-corrected chi connectivity index (χ4v) is 3.53. The highest BCUT2D eigenvalue weighted by Gasteiger charge is 2.40. The van der Waals surface area contributed by atoms with E-state index in [-0.39, 0.29) is 5.41 Å². The normalized spacial score (nSPS) is 20.5. The minimum absolute atomic E-state index is 0.0256. The van der Waals surface area contributed by atoms with Crippen LogP contribution in [0.4, 0.5) is 0 Å². The van der Waals surface area contributed by atoms with Gasteiger partial charge in [0.1, 0.15) is 5.60 Å². The summed E-state index contributed by atoms with van der Waals surface area (Å²) < 4.78 is 5.65. The maximum absolute atomic E-state index is 13.0. The molecule has 0 bridgehead atoms. The zero-order valence-electron chi connectivity index (χ0n) is 17.8. The molecule has 0 aliphatic carbocycles. The molecule has 2 unspecified atom stereocenters. The first-order valence-corrected chi connectivity index (χ1v) is 9.87. The van der Waals surface area contributed by atoms with Crippen molar-refractivity contribution in [2.75, 3.05) is 0 Å². The number of hydrogen-bond donors (Lipinski definition) is 0. The average molecular weight is 401 g/mol. The Morgan fingerprint density at radius 2 is 1.75 bits per heavy atom. The van der Waals surface area contributed by atoms with Crippen molar-refractivity contribution in [2.24, 2.45) is 16.3 Å². The van der Waals surface area contributed by atoms with Crippen LogP contribution in [0.5, 0.6) is 0 Å². The van der Waals surface area contributed by atoms with Gasteiger partial charge < -0.3 is 4.74 Å². The highest BCUT2D eigenvalue weighted by atomic mass is 35.5. The van der Waals surface area contributed by atoms with E-state index >= 15 is 0 Å². The van der Waals surface area contributed by atoms with Crippen LogP contribution in [0, 0.1) is 22.7 Å². The molecule has 0 spiro atoms. The van der Waals surface area contributed by atoms with Crippen LogP contribution in [0.3, 0.4) is 0 Å². The van der Waals surface area contributed by atoms with E-state index in [2.05, 4.69) is 26.8 Å². The molecule has 2 rings (SSSR count). The summed E-state index contributed by atoms with van der Waals surface area (Å²) in [6, 6.07) is 9.70. The van der Waals surface area contributed by atoms with E-state index in [0.29, 0.717) is 22.7 Å². The van der Waals surface area contributed by atoms with Crippen molar-refractivity contribution in [3.05, 3.63) is 46.1 Å². The average Bonchev–Trinajstić information content (AvgIpc) is 2.51. The highest BCUT2D eigenvalue weighted by molar-refractivity contribution is 6.30. The molecule has 5 heteroatoms. The molecule has 1 heterocycles. The van der Waals surface area contributed by atoms with Gasteiger partial charge >= 0.3 is 5.97 Å². The second-order valence-corrected chi connectivity index (χ2v) is 9.91. The Bertz CT molecular complexity index is 847. The van der Waals surface area contributed by atoms with Gasteiger partial charge in [-0.15, -0.1) is 0 Å². The van der Waals surface area contributed by atoms with Crippen LogP contribution in [0.2, 0.25) is 5.02 Å². The summed E-state index contributed by atoms with van der Waals surface area (Å²) in [5.74, 6) is -1.40. The van der Waals surface area contributed by atoms with Gasteiger partial charge in [-0.2, -0.15) is 5.26 Å². The summed E-state index contributed by atoms with van der Waals surface area (Å²) in [7, 11) is 0. The maximum atomic E-state index is 13.0. The summed E-state index contributed by atoms with van der Waals surface area (Å²) in [4.78, 5) is 17.7. The third-order valence-electron chi connectivity index (χ3n) is 4.40. The molecule has 0 saturated heterocycles. The molecule has 1 aromatic rings. The fraction of sp³-hybridized carbons (Fsp3) is 0.522. The standard InChI is InChI=1S/C23H29ClN2O2/c1-14-19(21(27)28-23(5,6)7)20(15-8-10-16(24)11-9-15)17(13-25)18(26-14)12-22(2,3)4/h8-11,17,20H,12H2,1-7H3. The number of carbonyl (C=O) groups excluding carboxylic acids is 1. The van der Waals surface area contributed by atoms with Crippen LogP contribution in [0.25, 0.3) is 0 Å². The molecule has 0 saturated carbocycles. The van der Waals surface area contributed by atoms with Crippen molar-refractivity contribution < 1.29 is 9.53 Å². The zero-order chi connectivity index (χ0) is 21.3. The van der Waals surface area contributed by atoms with Crippen LogP contribution >= 0.6 is 11.6 Å². The number of esters is 1. The largest absolute Gasteiger partial charge is 0.457 e. The number of carbonyl (C=O) groups is 1. The van der Waals surface area contributed by atoms with Crippen molar-refractivity contribution in [3.8, 4) is 6.07 Å². The number of nitrogens with zero attached hydrogens (tertiary/aromatic N) is 2. The Morgan fingerprint density at radius 1 is 1.18 bits per heavy atom. The summed E-state index contributed by atoms with van der Waals surface area (Å²) in [5.41, 5.74) is 2.06. The first-order chi connectivity index (χ1) is 12.8. The van der Waals surface area contributed by atoms with Gasteiger partial charge in [-0.05, 0) is 57.2 Å². The number of nitriles is 1. The molecule has 150 valence electrons. The van der Waals surface area contributed by atoms with Gasteiger partial charge in [0.25, 0.3) is 0 Å². The Hall–Kier alpha value is -2.12. The first-order valence-electron chi connectivity index (χ1n) is 9.49. The molecule has 1 aliphatic rings. The van der Waals surface area contributed by atoms with Gasteiger partial charge in [0.2, 0.25) is 0 Å². The van der Waals surface area contributed by atoms with Gasteiger partial charge in [-0.1, -0.05) is 44.5 Å². The molecule has 0 N–H and O–H groups in total. The van der Waals surface area contributed by atoms with E-state index in [0.717, 1.165) is 11.3 Å². The Balaban J connectivity index is 2.63. The summed E-state index contributed by atoms with van der Waals surface area (Å²) in [5, 5.41) is 10.6. The van der Waals surface area contributed by atoms with Crippen LogP contribution in [0.15, 0.2) is 40.5 Å². The summed E-state index contributed by atoms with van der Waals surface area (Å²) in [6.45, 7) is 13.7. The minimum Gasteiger partial charge on any atom is -0.457 e. The van der Waals surface area contributed by atoms with E-state index in [1.807, 2.05) is 39.8 Å². The Morgan fingerprint density at radius 3 is 2.21 bits per heavy atom. The summed E-state index contributed by atoms with van der Waals surface area (Å²) in [6.07, 6.45) is 0.675. The number of rotatable bonds is 3. The fourth-order valence-electron chi connectivity index (χ4n) is 3.41. The third-order valence-corrected chi connectivity index (χ3v) is 4.65. The van der Waals surface area contributed by atoms with Crippen LogP contribution in [0.1, 0.15) is 66.4 Å². The number of aliphatic imine (C=N–C) groups is 1. The molecule has 1 aliphatic heterocycles. The molecular weight excluding hydrogens is 372 g/mol. The quantitative estimate of drug-likeness (QED) is 0.578. The van der Waals surface area contributed by atoms with Crippen molar-refractivity contribution >= 4 is 23.3 Å². The van der Waals surface area contributed by atoms with E-state index in [9.17, 15) is 10.1 Å². The number of allylic oxidation sites excluding steroid dienone is 1. The Kier molecular flexibility index (Phi) is 6.41. The lowest BCUT2D eigenvalue weighted by molar-refractivity contribution is -0.150. The van der Waals surface area contributed by atoms with Gasteiger partial charge in [0, 0.05) is 22.3 Å². The number of benzene rings is 1. The van der Waals surface area contributed by atoms with Gasteiger partial charge in [0.05, 0.1) is 17.6 Å². The lowest BCUT2D eigenvalue weighted by Gasteiger charge is -2.33. The molecule has 0 aromatic heterocycles. The predicted molar refractivity (Wildman–Crippen MR) is 113 cm³/mol. The lowest BCUT2D eigenvalue weighted by atomic mass is 9.73. The van der Waals surface area contributed by atoms with Crippen molar-refractivity contribution in [1.82, 2.24) is 0 Å². The maximum Gasteiger partial charge on any atom is 0.337 e. The summed E-state index contributed by atoms with van der Waals surface area (Å²) >= 11 is 6.06. The van der Waals surface area contributed by atoms with E-state index < -0.39 is 23.4 Å². The topological polar surface area (TPSA) is 62.5 Å². The first kappa shape index (κ1) is 22.2. The smallest absolute Gasteiger partial charge is 0.337 e. The second kappa shape index (κ2) is 8.09. The van der Waals surface area contributed by atoms with Gasteiger partial charge in [-0.3, -0.25) is 4.99 Å². The van der Waals surface area contributed by atoms with E-state index in [1.165, 1.54) is 0 Å². The predicted octanol–water partition coefficient (Wildman–Crippen LogP) is 6.07. The minimum atomic E-state index is -0.632.